The molecule has 1 rings (SSSR count). The van der Waals surface area contributed by atoms with Crippen LogP contribution in [0, 0.1) is 0 Å². The molecule has 10 heteroatoms. The van der Waals surface area contributed by atoms with Crippen LogP contribution in [0.15, 0.2) is 0 Å². The molecule has 1 aliphatic heterocycles. The highest BCUT2D eigenvalue weighted by Crippen LogP contribution is 2.23. The SMILES string of the molecule is CCCCCCCCCCCCCCCCCCCCCCC(=O)OC(COC(=O)CCCCCCCCC)COC1OC(CO)C(O)C(O)C1O. The number of carbonyl (C=O) groups is 2. The lowest BCUT2D eigenvalue weighted by molar-refractivity contribution is -0.305. The van der Waals surface area contributed by atoms with Crippen molar-refractivity contribution in [3.8, 4) is 0 Å². The number of aliphatic hydroxyl groups excluding tert-OH is 4. The van der Waals surface area contributed by atoms with E-state index in [4.69, 9.17) is 18.9 Å². The molecule has 1 saturated heterocycles. The number of unbranched alkanes of at least 4 members (excludes halogenated alkanes) is 25. The fraction of sp³-hybridized carbons (Fsp3) is 0.952. The molecule has 10 nitrogen and oxygen atoms in total. The zero-order chi connectivity index (χ0) is 38.1. The predicted octanol–water partition coefficient (Wildman–Crippen LogP) is 8.61. The lowest BCUT2D eigenvalue weighted by Gasteiger charge is -2.39. The maximum absolute atomic E-state index is 12.7. The fourth-order valence-corrected chi connectivity index (χ4v) is 6.78. The Morgan fingerprint density at radius 1 is 0.519 bits per heavy atom. The van der Waals surface area contributed by atoms with Crippen LogP contribution in [0.3, 0.4) is 0 Å². The van der Waals surface area contributed by atoms with Crippen LogP contribution in [-0.2, 0) is 28.5 Å². The van der Waals surface area contributed by atoms with Crippen molar-refractivity contribution < 1.29 is 49.0 Å². The summed E-state index contributed by atoms with van der Waals surface area (Å²) < 4.78 is 22.0. The van der Waals surface area contributed by atoms with Crippen molar-refractivity contribution in [2.75, 3.05) is 19.8 Å². The van der Waals surface area contributed by atoms with Gasteiger partial charge in [0.1, 0.15) is 31.0 Å². The van der Waals surface area contributed by atoms with Gasteiger partial charge in [-0.1, -0.05) is 174 Å². The summed E-state index contributed by atoms with van der Waals surface area (Å²) in [4.78, 5) is 25.1. The van der Waals surface area contributed by atoms with Crippen LogP contribution in [-0.4, -0.2) is 89.0 Å². The zero-order valence-electron chi connectivity index (χ0n) is 33.3. The number of hydrogen-bond donors (Lipinski definition) is 4. The lowest BCUT2D eigenvalue weighted by Crippen LogP contribution is -2.59. The molecule has 1 aliphatic rings. The van der Waals surface area contributed by atoms with Crippen LogP contribution in [0.4, 0.5) is 0 Å². The van der Waals surface area contributed by atoms with Crippen LogP contribution in [0.1, 0.15) is 200 Å². The van der Waals surface area contributed by atoms with Gasteiger partial charge in [0.25, 0.3) is 0 Å². The van der Waals surface area contributed by atoms with E-state index >= 15 is 0 Å². The summed E-state index contributed by atoms with van der Waals surface area (Å²) in [5.74, 6) is -0.801. The molecule has 1 heterocycles. The highest BCUT2D eigenvalue weighted by molar-refractivity contribution is 5.70. The molecule has 4 N–H and O–H groups in total. The van der Waals surface area contributed by atoms with Gasteiger partial charge in [0.2, 0.25) is 0 Å². The molecule has 0 aromatic heterocycles. The summed E-state index contributed by atoms with van der Waals surface area (Å²) in [6, 6.07) is 0. The van der Waals surface area contributed by atoms with Gasteiger partial charge in [0.15, 0.2) is 12.4 Å². The molecule has 0 aliphatic carbocycles. The van der Waals surface area contributed by atoms with E-state index in [2.05, 4.69) is 13.8 Å². The van der Waals surface area contributed by atoms with Gasteiger partial charge >= 0.3 is 11.9 Å². The topological polar surface area (TPSA) is 152 Å². The van der Waals surface area contributed by atoms with Crippen LogP contribution in [0.25, 0.3) is 0 Å². The predicted molar refractivity (Wildman–Crippen MR) is 206 cm³/mol. The standard InChI is InChI=1S/C42H80O10/c1-3-5-7-9-11-12-13-14-15-16-17-18-19-20-21-22-23-25-27-29-31-38(45)51-35(33-49-37(44)30-28-26-24-10-8-6-4-2)34-50-42-41(48)40(47)39(46)36(32-43)52-42/h35-36,39-43,46-48H,3-34H2,1-2H3. The molecule has 308 valence electrons. The molecule has 0 radical (unpaired) electrons. The molecule has 0 bridgehead atoms. The van der Waals surface area contributed by atoms with E-state index in [0.717, 1.165) is 44.9 Å². The van der Waals surface area contributed by atoms with Gasteiger partial charge < -0.3 is 39.4 Å². The van der Waals surface area contributed by atoms with Crippen molar-refractivity contribution in [3.05, 3.63) is 0 Å². The molecular formula is C42H80O10. The number of hydrogen-bond acceptors (Lipinski definition) is 10. The van der Waals surface area contributed by atoms with E-state index < -0.39 is 49.4 Å². The normalized spacial score (nSPS) is 20.9. The quantitative estimate of drug-likeness (QED) is 0.0363. The molecule has 6 unspecified atom stereocenters. The smallest absolute Gasteiger partial charge is 0.306 e. The Hall–Kier alpha value is -1.30. The van der Waals surface area contributed by atoms with Crippen molar-refractivity contribution in [1.29, 1.82) is 0 Å². The van der Waals surface area contributed by atoms with E-state index in [1.807, 2.05) is 0 Å². The van der Waals surface area contributed by atoms with Gasteiger partial charge in [0, 0.05) is 12.8 Å². The Kier molecular flexibility index (Phi) is 32.1. The monoisotopic (exact) mass is 745 g/mol. The van der Waals surface area contributed by atoms with Crippen molar-refractivity contribution in [2.24, 2.45) is 0 Å². The first kappa shape index (κ1) is 48.7. The van der Waals surface area contributed by atoms with Crippen LogP contribution >= 0.6 is 0 Å². The van der Waals surface area contributed by atoms with E-state index in [1.54, 1.807) is 0 Å². The van der Waals surface area contributed by atoms with Crippen molar-refractivity contribution >= 4 is 11.9 Å². The summed E-state index contributed by atoms with van der Waals surface area (Å²) in [7, 11) is 0. The number of esters is 2. The molecule has 0 saturated carbocycles. The molecule has 52 heavy (non-hydrogen) atoms. The second-order valence-electron chi connectivity index (χ2n) is 15.2. The third-order valence-electron chi connectivity index (χ3n) is 10.2. The summed E-state index contributed by atoms with van der Waals surface area (Å²) in [6.45, 7) is 3.39. The summed E-state index contributed by atoms with van der Waals surface area (Å²) >= 11 is 0. The lowest BCUT2D eigenvalue weighted by atomic mass is 9.99. The van der Waals surface area contributed by atoms with Gasteiger partial charge in [0.05, 0.1) is 13.2 Å². The first-order valence-electron chi connectivity index (χ1n) is 21.6. The first-order chi connectivity index (χ1) is 25.3. The minimum absolute atomic E-state index is 0.211. The minimum atomic E-state index is -1.59. The molecule has 0 aromatic carbocycles. The average Bonchev–Trinajstić information content (AvgIpc) is 3.14. The zero-order valence-corrected chi connectivity index (χ0v) is 33.3. The Morgan fingerprint density at radius 2 is 0.904 bits per heavy atom. The third-order valence-corrected chi connectivity index (χ3v) is 10.2. The van der Waals surface area contributed by atoms with Crippen LogP contribution in [0.2, 0.25) is 0 Å². The molecule has 0 amide bonds. The van der Waals surface area contributed by atoms with Crippen LogP contribution < -0.4 is 0 Å². The second-order valence-corrected chi connectivity index (χ2v) is 15.2. The second kappa shape index (κ2) is 34.2. The summed E-state index contributed by atoms with van der Waals surface area (Å²) in [6.07, 6.45) is 25.7. The molecule has 0 aromatic rings. The summed E-state index contributed by atoms with van der Waals surface area (Å²) in [5.41, 5.74) is 0. The fourth-order valence-electron chi connectivity index (χ4n) is 6.78. The van der Waals surface area contributed by atoms with E-state index in [1.165, 1.54) is 122 Å². The Bertz CT molecular complexity index is 825. The minimum Gasteiger partial charge on any atom is -0.462 e. The molecule has 6 atom stereocenters. The Balaban J connectivity index is 2.24. The van der Waals surface area contributed by atoms with E-state index in [9.17, 15) is 30.0 Å². The maximum Gasteiger partial charge on any atom is 0.306 e. The van der Waals surface area contributed by atoms with Gasteiger partial charge in [-0.05, 0) is 12.8 Å². The van der Waals surface area contributed by atoms with Crippen molar-refractivity contribution in [2.45, 2.75) is 237 Å². The van der Waals surface area contributed by atoms with E-state index in [-0.39, 0.29) is 32.0 Å². The average molecular weight is 745 g/mol. The van der Waals surface area contributed by atoms with Gasteiger partial charge in [-0.15, -0.1) is 0 Å². The third kappa shape index (κ3) is 25.7. The van der Waals surface area contributed by atoms with Crippen molar-refractivity contribution in [1.82, 2.24) is 0 Å². The Morgan fingerprint density at radius 3 is 1.31 bits per heavy atom. The van der Waals surface area contributed by atoms with Gasteiger partial charge in [-0.25, -0.2) is 0 Å². The van der Waals surface area contributed by atoms with Gasteiger partial charge in [-0.3, -0.25) is 9.59 Å². The number of aliphatic hydroxyl groups is 4. The molecule has 1 fully saturated rings. The molecular weight excluding hydrogens is 664 g/mol. The first-order valence-corrected chi connectivity index (χ1v) is 21.6. The Labute approximate surface area is 317 Å². The summed E-state index contributed by atoms with van der Waals surface area (Å²) in [5, 5.41) is 39.9. The number of rotatable bonds is 36. The highest BCUT2D eigenvalue weighted by atomic mass is 16.7. The van der Waals surface area contributed by atoms with Crippen LogP contribution in [0.5, 0.6) is 0 Å². The maximum atomic E-state index is 12.7. The van der Waals surface area contributed by atoms with E-state index in [0.29, 0.717) is 6.42 Å². The largest absolute Gasteiger partial charge is 0.462 e. The highest BCUT2D eigenvalue weighted by Gasteiger charge is 2.44. The molecule has 0 spiro atoms. The van der Waals surface area contributed by atoms with Gasteiger partial charge in [-0.2, -0.15) is 0 Å². The van der Waals surface area contributed by atoms with Crippen molar-refractivity contribution in [3.63, 3.8) is 0 Å². The number of ether oxygens (including phenoxy) is 4. The number of carbonyl (C=O) groups excluding carboxylic acids is 2.